The molecule has 1 aromatic rings. The van der Waals surface area contributed by atoms with Gasteiger partial charge in [-0.25, -0.2) is 8.78 Å². The Kier molecular flexibility index (Phi) is 5.16. The zero-order chi connectivity index (χ0) is 14.4. The van der Waals surface area contributed by atoms with Crippen molar-refractivity contribution in [2.24, 2.45) is 5.73 Å². The minimum Gasteiger partial charge on any atom is -0.380 e. The Labute approximate surface area is 107 Å². The van der Waals surface area contributed by atoms with E-state index in [1.54, 1.807) is 0 Å². The molecule has 0 saturated heterocycles. The van der Waals surface area contributed by atoms with Gasteiger partial charge in [-0.2, -0.15) is 0 Å². The van der Waals surface area contributed by atoms with E-state index in [2.05, 4.69) is 5.32 Å². The molecule has 0 aliphatic rings. The lowest BCUT2D eigenvalue weighted by Crippen LogP contribution is -2.11. The first-order valence-corrected chi connectivity index (χ1v) is 5.57. The largest absolute Gasteiger partial charge is 0.380 e. The monoisotopic (exact) mass is 273 g/mol. The van der Waals surface area contributed by atoms with Crippen molar-refractivity contribution in [2.45, 2.75) is 19.3 Å². The lowest BCUT2D eigenvalue weighted by molar-refractivity contribution is -0.385. The maximum Gasteiger partial charge on any atom is 0.275 e. The molecule has 19 heavy (non-hydrogen) atoms. The van der Waals surface area contributed by atoms with Gasteiger partial charge in [-0.3, -0.25) is 14.9 Å². The number of nitro benzene ring substituents is 1. The Bertz CT molecular complexity index is 471. The van der Waals surface area contributed by atoms with Gasteiger partial charge in [0, 0.05) is 13.0 Å². The highest BCUT2D eigenvalue weighted by molar-refractivity contribution is 5.73. The summed E-state index contributed by atoms with van der Waals surface area (Å²) in [6, 6.07) is 1.30. The lowest BCUT2D eigenvalue weighted by atomic mass is 10.2. The normalized spacial score (nSPS) is 10.2. The minimum absolute atomic E-state index is 0.201. The van der Waals surface area contributed by atoms with E-state index in [0.29, 0.717) is 25.0 Å². The molecular formula is C11H13F2N3O3. The number of amides is 1. The molecule has 8 heteroatoms. The predicted octanol–water partition coefficient (Wildman–Crippen LogP) is 1.94. The quantitative estimate of drug-likeness (QED) is 0.450. The highest BCUT2D eigenvalue weighted by atomic mass is 19.1. The molecule has 0 bridgehead atoms. The zero-order valence-electron chi connectivity index (χ0n) is 9.99. The number of nitrogens with one attached hydrogen (secondary N) is 1. The van der Waals surface area contributed by atoms with Crippen molar-refractivity contribution in [1.29, 1.82) is 0 Å². The third-order valence-electron chi connectivity index (χ3n) is 2.39. The smallest absolute Gasteiger partial charge is 0.275 e. The first kappa shape index (κ1) is 14.8. The summed E-state index contributed by atoms with van der Waals surface area (Å²) in [5.74, 6) is -2.49. The number of hydrogen-bond acceptors (Lipinski definition) is 4. The van der Waals surface area contributed by atoms with Gasteiger partial charge >= 0.3 is 0 Å². The van der Waals surface area contributed by atoms with Gasteiger partial charge < -0.3 is 11.1 Å². The maximum atomic E-state index is 13.4. The van der Waals surface area contributed by atoms with Crippen LogP contribution in [0.2, 0.25) is 0 Å². The average molecular weight is 273 g/mol. The van der Waals surface area contributed by atoms with Crippen molar-refractivity contribution in [2.75, 3.05) is 11.9 Å². The third kappa shape index (κ3) is 4.49. The lowest BCUT2D eigenvalue weighted by Gasteiger charge is -2.08. The van der Waals surface area contributed by atoms with Crippen molar-refractivity contribution >= 4 is 17.3 Å². The molecule has 1 rings (SSSR count). The summed E-state index contributed by atoms with van der Waals surface area (Å²) in [6.45, 7) is 0.235. The van der Waals surface area contributed by atoms with Gasteiger partial charge in [-0.1, -0.05) is 0 Å². The average Bonchev–Trinajstić information content (AvgIpc) is 2.30. The summed E-state index contributed by atoms with van der Waals surface area (Å²) in [5, 5.41) is 12.9. The topological polar surface area (TPSA) is 98.3 Å². The maximum absolute atomic E-state index is 13.4. The molecular weight excluding hydrogens is 260 g/mol. The SMILES string of the molecule is NC(=O)CCCCNc1c(F)cc([N+](=O)[O-])cc1F. The number of nitrogens with zero attached hydrogens (tertiary/aromatic N) is 1. The Balaban J connectivity index is 2.59. The number of rotatable bonds is 7. The number of carbonyl (C=O) groups is 1. The highest BCUT2D eigenvalue weighted by Crippen LogP contribution is 2.24. The minimum atomic E-state index is -1.03. The van der Waals surface area contributed by atoms with Crippen LogP contribution in [0.1, 0.15) is 19.3 Å². The molecule has 0 atom stereocenters. The second-order valence-electron chi connectivity index (χ2n) is 3.89. The van der Waals surface area contributed by atoms with E-state index in [1.165, 1.54) is 0 Å². The number of nitro groups is 1. The van der Waals surface area contributed by atoms with Crippen molar-refractivity contribution in [1.82, 2.24) is 0 Å². The van der Waals surface area contributed by atoms with Gasteiger partial charge in [0.2, 0.25) is 5.91 Å². The van der Waals surface area contributed by atoms with Gasteiger partial charge in [-0.05, 0) is 12.8 Å². The Morgan fingerprint density at radius 2 is 1.89 bits per heavy atom. The van der Waals surface area contributed by atoms with Crippen LogP contribution in [-0.2, 0) is 4.79 Å². The molecule has 0 unspecified atom stereocenters. The number of hydrogen-bond donors (Lipinski definition) is 2. The molecule has 104 valence electrons. The van der Waals surface area contributed by atoms with Crippen molar-refractivity contribution < 1.29 is 18.5 Å². The number of carbonyl (C=O) groups excluding carboxylic acids is 1. The molecule has 0 aromatic heterocycles. The highest BCUT2D eigenvalue weighted by Gasteiger charge is 2.16. The van der Waals surface area contributed by atoms with Gasteiger partial charge in [0.15, 0.2) is 11.6 Å². The van der Waals surface area contributed by atoms with Crippen LogP contribution < -0.4 is 11.1 Å². The zero-order valence-corrected chi connectivity index (χ0v) is 9.99. The van der Waals surface area contributed by atoms with Crippen LogP contribution in [0.5, 0.6) is 0 Å². The molecule has 0 heterocycles. The fourth-order valence-electron chi connectivity index (χ4n) is 1.47. The van der Waals surface area contributed by atoms with Gasteiger partial charge in [-0.15, -0.1) is 0 Å². The summed E-state index contributed by atoms with van der Waals surface area (Å²) >= 11 is 0. The molecule has 1 aromatic carbocycles. The Morgan fingerprint density at radius 1 is 1.32 bits per heavy atom. The van der Waals surface area contributed by atoms with Crippen molar-refractivity contribution in [3.05, 3.63) is 33.9 Å². The molecule has 0 aliphatic carbocycles. The van der Waals surface area contributed by atoms with Crippen LogP contribution in [0.3, 0.4) is 0 Å². The number of non-ortho nitro benzene ring substituents is 1. The second-order valence-corrected chi connectivity index (χ2v) is 3.89. The van der Waals surface area contributed by atoms with Crippen LogP contribution in [0, 0.1) is 21.7 Å². The Hall–Kier alpha value is -2.25. The summed E-state index contributed by atoms with van der Waals surface area (Å²) in [5.41, 5.74) is 3.88. The molecule has 0 radical (unpaired) electrons. The van der Waals surface area contributed by atoms with Crippen LogP contribution in [0.4, 0.5) is 20.2 Å². The number of anilines is 1. The van der Waals surface area contributed by atoms with Gasteiger partial charge in [0.05, 0.1) is 17.1 Å². The summed E-state index contributed by atoms with van der Waals surface area (Å²) in [4.78, 5) is 20.0. The van der Waals surface area contributed by atoms with Gasteiger partial charge in [0.25, 0.3) is 5.69 Å². The number of nitrogens with two attached hydrogens (primary N) is 1. The molecule has 1 amide bonds. The molecule has 6 nitrogen and oxygen atoms in total. The number of primary amides is 1. The predicted molar refractivity (Wildman–Crippen MR) is 64.5 cm³/mol. The summed E-state index contributed by atoms with van der Waals surface area (Å²) < 4.78 is 26.9. The van der Waals surface area contributed by atoms with E-state index in [4.69, 9.17) is 5.73 Å². The van der Waals surface area contributed by atoms with Crippen molar-refractivity contribution in [3.63, 3.8) is 0 Å². The van der Waals surface area contributed by atoms with E-state index < -0.39 is 33.8 Å². The molecule has 3 N–H and O–H groups in total. The Morgan fingerprint density at radius 3 is 2.37 bits per heavy atom. The van der Waals surface area contributed by atoms with Crippen LogP contribution in [-0.4, -0.2) is 17.4 Å². The van der Waals surface area contributed by atoms with E-state index in [1.807, 2.05) is 0 Å². The van der Waals surface area contributed by atoms with E-state index in [0.717, 1.165) is 0 Å². The number of unbranched alkanes of at least 4 members (excludes halogenated alkanes) is 1. The molecule has 0 fully saturated rings. The molecule has 0 aliphatic heterocycles. The summed E-state index contributed by atoms with van der Waals surface area (Å²) in [7, 11) is 0. The van der Waals surface area contributed by atoms with E-state index >= 15 is 0 Å². The fourth-order valence-corrected chi connectivity index (χ4v) is 1.47. The van der Waals surface area contributed by atoms with Crippen LogP contribution in [0.25, 0.3) is 0 Å². The standard InChI is InChI=1S/C11H13F2N3O3/c12-8-5-7(16(18)19)6-9(13)11(8)15-4-2-1-3-10(14)17/h5-6,15H,1-4H2,(H2,14,17). The van der Waals surface area contributed by atoms with Crippen LogP contribution in [0.15, 0.2) is 12.1 Å². The first-order valence-electron chi connectivity index (χ1n) is 5.57. The van der Waals surface area contributed by atoms with E-state index in [9.17, 15) is 23.7 Å². The molecule has 0 saturated carbocycles. The van der Waals surface area contributed by atoms with Gasteiger partial charge in [0.1, 0.15) is 5.69 Å². The number of benzene rings is 1. The number of halogens is 2. The van der Waals surface area contributed by atoms with Crippen LogP contribution >= 0.6 is 0 Å². The third-order valence-corrected chi connectivity index (χ3v) is 2.39. The molecule has 0 spiro atoms. The fraction of sp³-hybridized carbons (Fsp3) is 0.364. The summed E-state index contributed by atoms with van der Waals surface area (Å²) in [6.07, 6.45) is 1.20. The van der Waals surface area contributed by atoms with Crippen molar-refractivity contribution in [3.8, 4) is 0 Å². The first-order chi connectivity index (χ1) is 8.91. The van der Waals surface area contributed by atoms with E-state index in [-0.39, 0.29) is 13.0 Å². The second kappa shape index (κ2) is 6.62.